The van der Waals surface area contributed by atoms with Crippen molar-refractivity contribution in [2.24, 2.45) is 0 Å². The number of hydrogen-bond donors (Lipinski definition) is 0. The summed E-state index contributed by atoms with van der Waals surface area (Å²) in [5.41, 5.74) is 0. The molecule has 0 aliphatic rings. The maximum atomic E-state index is 6.28. The fourth-order valence-electron chi connectivity index (χ4n) is 2.76. The maximum absolute atomic E-state index is 6.28. The Morgan fingerprint density at radius 2 is 1.00 bits per heavy atom. The van der Waals surface area contributed by atoms with Crippen LogP contribution in [0.15, 0.2) is 0 Å². The van der Waals surface area contributed by atoms with Crippen molar-refractivity contribution in [2.45, 2.75) is 104 Å². The summed E-state index contributed by atoms with van der Waals surface area (Å²) in [5, 5.41) is 0. The van der Waals surface area contributed by atoms with Gasteiger partial charge in [0.1, 0.15) is 0 Å². The van der Waals surface area contributed by atoms with Gasteiger partial charge < -0.3 is 4.43 Å². The number of rotatable bonds is 14. The van der Waals surface area contributed by atoms with Crippen molar-refractivity contribution in [3.63, 3.8) is 0 Å². The monoisotopic (exact) mass is 286 g/mol. The van der Waals surface area contributed by atoms with Crippen LogP contribution < -0.4 is 0 Å². The van der Waals surface area contributed by atoms with Crippen LogP contribution in [0, 0.1) is 0 Å². The van der Waals surface area contributed by atoms with Gasteiger partial charge in [0, 0.05) is 6.61 Å². The quantitative estimate of drug-likeness (QED) is 0.260. The first-order chi connectivity index (χ1) is 9.24. The zero-order valence-corrected chi connectivity index (χ0v) is 15.1. The SMILES string of the molecule is CCCCCCCCCCCO[Si](CC)(CC)CC. The highest BCUT2D eigenvalue weighted by molar-refractivity contribution is 6.73. The minimum Gasteiger partial charge on any atom is -0.417 e. The van der Waals surface area contributed by atoms with Gasteiger partial charge in [0.2, 0.25) is 0 Å². The maximum Gasteiger partial charge on any atom is 0.191 e. The van der Waals surface area contributed by atoms with Crippen molar-refractivity contribution in [1.29, 1.82) is 0 Å². The van der Waals surface area contributed by atoms with Gasteiger partial charge in [-0.15, -0.1) is 0 Å². The van der Waals surface area contributed by atoms with Crippen molar-refractivity contribution in [3.05, 3.63) is 0 Å². The van der Waals surface area contributed by atoms with E-state index in [1.807, 2.05) is 0 Å². The predicted octanol–water partition coefficient (Wildman–Crippen LogP) is 6.54. The van der Waals surface area contributed by atoms with E-state index in [0.29, 0.717) is 0 Å². The Morgan fingerprint density at radius 1 is 0.579 bits per heavy atom. The Kier molecular flexibility index (Phi) is 13.3. The van der Waals surface area contributed by atoms with Crippen LogP contribution in [-0.2, 0) is 4.43 Å². The molecule has 0 amide bonds. The summed E-state index contributed by atoms with van der Waals surface area (Å²) in [7, 11) is -1.31. The summed E-state index contributed by atoms with van der Waals surface area (Å²) in [4.78, 5) is 0. The van der Waals surface area contributed by atoms with Gasteiger partial charge in [-0.25, -0.2) is 0 Å². The summed E-state index contributed by atoms with van der Waals surface area (Å²) < 4.78 is 6.28. The Balaban J connectivity index is 3.35. The van der Waals surface area contributed by atoms with Crippen molar-refractivity contribution >= 4 is 8.32 Å². The smallest absolute Gasteiger partial charge is 0.191 e. The molecule has 0 rings (SSSR count). The molecule has 0 spiro atoms. The van der Waals surface area contributed by atoms with Crippen molar-refractivity contribution < 1.29 is 4.43 Å². The highest BCUT2D eigenvalue weighted by Gasteiger charge is 2.27. The Bertz CT molecular complexity index is 170. The third-order valence-corrected chi connectivity index (χ3v) is 9.27. The molecule has 0 radical (unpaired) electrons. The third kappa shape index (κ3) is 9.67. The Morgan fingerprint density at radius 3 is 1.42 bits per heavy atom. The Labute approximate surface area is 123 Å². The third-order valence-electron chi connectivity index (χ3n) is 4.59. The van der Waals surface area contributed by atoms with E-state index in [2.05, 4.69) is 27.7 Å². The summed E-state index contributed by atoms with van der Waals surface area (Å²) in [6.07, 6.45) is 12.6. The minimum atomic E-state index is -1.31. The van der Waals surface area contributed by atoms with Crippen molar-refractivity contribution in [2.75, 3.05) is 6.61 Å². The molecule has 0 aliphatic heterocycles. The molecular formula is C17H38OSi. The molecule has 0 saturated carbocycles. The Hall–Kier alpha value is 0.177. The van der Waals surface area contributed by atoms with E-state index in [1.54, 1.807) is 0 Å². The topological polar surface area (TPSA) is 9.23 Å². The minimum absolute atomic E-state index is 1.03. The molecule has 2 heteroatoms. The van der Waals surface area contributed by atoms with E-state index >= 15 is 0 Å². The van der Waals surface area contributed by atoms with E-state index in [9.17, 15) is 0 Å². The average Bonchev–Trinajstić information content (AvgIpc) is 2.46. The normalized spacial score (nSPS) is 12.0. The van der Waals surface area contributed by atoms with E-state index in [4.69, 9.17) is 4.43 Å². The zero-order chi connectivity index (χ0) is 14.4. The van der Waals surface area contributed by atoms with Crippen LogP contribution in [0.25, 0.3) is 0 Å². The predicted molar refractivity (Wildman–Crippen MR) is 90.4 cm³/mol. The second-order valence-corrected chi connectivity index (χ2v) is 10.7. The molecule has 0 heterocycles. The van der Waals surface area contributed by atoms with Gasteiger partial charge in [-0.1, -0.05) is 79.1 Å². The lowest BCUT2D eigenvalue weighted by Crippen LogP contribution is -2.36. The largest absolute Gasteiger partial charge is 0.417 e. The first-order valence-electron chi connectivity index (χ1n) is 8.88. The lowest BCUT2D eigenvalue weighted by atomic mass is 10.1. The highest BCUT2D eigenvalue weighted by Crippen LogP contribution is 2.22. The second-order valence-electron chi connectivity index (χ2n) is 5.92. The van der Waals surface area contributed by atoms with E-state index in [-0.39, 0.29) is 0 Å². The molecule has 0 aromatic heterocycles. The van der Waals surface area contributed by atoms with E-state index in [0.717, 1.165) is 6.61 Å². The molecule has 0 unspecified atom stereocenters. The molecule has 0 atom stereocenters. The number of unbranched alkanes of at least 4 members (excludes halogenated alkanes) is 8. The van der Waals surface area contributed by atoms with Crippen molar-refractivity contribution in [3.8, 4) is 0 Å². The van der Waals surface area contributed by atoms with Crippen LogP contribution >= 0.6 is 0 Å². The van der Waals surface area contributed by atoms with Gasteiger partial charge in [0.05, 0.1) is 0 Å². The van der Waals surface area contributed by atoms with Gasteiger partial charge in [0.15, 0.2) is 8.32 Å². The molecule has 0 aromatic carbocycles. The van der Waals surface area contributed by atoms with E-state index in [1.165, 1.54) is 75.9 Å². The molecule has 0 aliphatic carbocycles. The fourth-order valence-corrected chi connectivity index (χ4v) is 5.45. The zero-order valence-electron chi connectivity index (χ0n) is 14.1. The summed E-state index contributed by atoms with van der Waals surface area (Å²) >= 11 is 0. The second kappa shape index (κ2) is 13.2. The van der Waals surface area contributed by atoms with Gasteiger partial charge in [-0.05, 0) is 24.6 Å². The molecule has 116 valence electrons. The van der Waals surface area contributed by atoms with Crippen LogP contribution in [0.1, 0.15) is 85.5 Å². The average molecular weight is 287 g/mol. The van der Waals surface area contributed by atoms with Crippen LogP contribution in [-0.4, -0.2) is 14.9 Å². The summed E-state index contributed by atoms with van der Waals surface area (Å²) in [6.45, 7) is 10.3. The molecular weight excluding hydrogens is 248 g/mol. The molecule has 19 heavy (non-hydrogen) atoms. The van der Waals surface area contributed by atoms with E-state index < -0.39 is 8.32 Å². The molecule has 0 fully saturated rings. The number of hydrogen-bond acceptors (Lipinski definition) is 1. The summed E-state index contributed by atoms with van der Waals surface area (Å²) in [6, 6.07) is 3.87. The van der Waals surface area contributed by atoms with Gasteiger partial charge in [-0.2, -0.15) is 0 Å². The van der Waals surface area contributed by atoms with Crippen LogP contribution in [0.5, 0.6) is 0 Å². The lowest BCUT2D eigenvalue weighted by Gasteiger charge is -2.27. The molecule has 0 bridgehead atoms. The fraction of sp³-hybridized carbons (Fsp3) is 1.00. The standard InChI is InChI=1S/C17H38OSi/c1-5-9-10-11-12-13-14-15-16-17-18-19(6-2,7-3)8-4/h5-17H2,1-4H3. The van der Waals surface area contributed by atoms with Gasteiger partial charge >= 0.3 is 0 Å². The van der Waals surface area contributed by atoms with Crippen LogP contribution in [0.3, 0.4) is 0 Å². The highest BCUT2D eigenvalue weighted by atomic mass is 28.4. The van der Waals surface area contributed by atoms with Crippen LogP contribution in [0.4, 0.5) is 0 Å². The molecule has 0 aromatic rings. The molecule has 0 saturated heterocycles. The lowest BCUT2D eigenvalue weighted by molar-refractivity contribution is 0.287. The molecule has 1 nitrogen and oxygen atoms in total. The van der Waals surface area contributed by atoms with Gasteiger partial charge in [-0.3, -0.25) is 0 Å². The molecule has 0 N–H and O–H groups in total. The first-order valence-corrected chi connectivity index (χ1v) is 11.4. The van der Waals surface area contributed by atoms with Gasteiger partial charge in [0.25, 0.3) is 0 Å². The van der Waals surface area contributed by atoms with Crippen molar-refractivity contribution in [1.82, 2.24) is 0 Å². The first kappa shape index (κ1) is 19.2. The van der Waals surface area contributed by atoms with Crippen LogP contribution in [0.2, 0.25) is 18.1 Å². The summed E-state index contributed by atoms with van der Waals surface area (Å²) in [5.74, 6) is 0.